The van der Waals surface area contributed by atoms with Crippen LogP contribution in [0.25, 0.3) is 10.8 Å². The highest BCUT2D eigenvalue weighted by atomic mass is 16.5. The van der Waals surface area contributed by atoms with E-state index in [1.807, 2.05) is 36.4 Å². The Morgan fingerprint density at radius 3 is 2.70 bits per heavy atom. The highest BCUT2D eigenvalue weighted by Gasteiger charge is 2.20. The fourth-order valence-electron chi connectivity index (χ4n) is 3.44. The summed E-state index contributed by atoms with van der Waals surface area (Å²) in [5, 5.41) is 5.27. The van der Waals surface area contributed by atoms with E-state index in [-0.39, 0.29) is 5.91 Å². The van der Waals surface area contributed by atoms with E-state index in [4.69, 9.17) is 4.74 Å². The molecule has 0 bridgehead atoms. The summed E-state index contributed by atoms with van der Waals surface area (Å²) >= 11 is 0. The Morgan fingerprint density at radius 1 is 1.04 bits per heavy atom. The number of anilines is 1. The smallest absolute Gasteiger partial charge is 0.255 e. The number of pyridine rings is 1. The van der Waals surface area contributed by atoms with Gasteiger partial charge in [-0.25, -0.2) is 4.98 Å². The van der Waals surface area contributed by atoms with Gasteiger partial charge in [-0.3, -0.25) is 4.79 Å². The minimum absolute atomic E-state index is 0.105. The number of nitrogens with one attached hydrogen (secondary N) is 1. The fourth-order valence-corrected chi connectivity index (χ4v) is 3.44. The number of ether oxygens (including phenoxy) is 1. The quantitative estimate of drug-likeness (QED) is 0.681. The van der Waals surface area contributed by atoms with Gasteiger partial charge in [0.2, 0.25) is 0 Å². The van der Waals surface area contributed by atoms with Crippen LogP contribution in [-0.4, -0.2) is 37.1 Å². The molecule has 1 aliphatic rings. The van der Waals surface area contributed by atoms with Crippen molar-refractivity contribution in [2.45, 2.75) is 12.8 Å². The lowest BCUT2D eigenvalue weighted by Crippen LogP contribution is -2.30. The molecule has 4 rings (SSSR count). The zero-order valence-corrected chi connectivity index (χ0v) is 15.2. The molecule has 0 atom stereocenters. The van der Waals surface area contributed by atoms with Crippen molar-refractivity contribution in [1.29, 1.82) is 0 Å². The molecule has 0 spiro atoms. The first kappa shape index (κ1) is 17.3. The molecule has 138 valence electrons. The van der Waals surface area contributed by atoms with E-state index >= 15 is 0 Å². The Labute approximate surface area is 159 Å². The van der Waals surface area contributed by atoms with Crippen LogP contribution in [0.5, 0.6) is 5.75 Å². The first-order valence-electron chi connectivity index (χ1n) is 9.41. The number of rotatable bonds is 6. The van der Waals surface area contributed by atoms with Crippen molar-refractivity contribution in [2.75, 3.05) is 31.1 Å². The van der Waals surface area contributed by atoms with Crippen LogP contribution in [0.2, 0.25) is 0 Å². The molecule has 2 aromatic carbocycles. The highest BCUT2D eigenvalue weighted by molar-refractivity contribution is 5.98. The Morgan fingerprint density at radius 2 is 1.85 bits per heavy atom. The van der Waals surface area contributed by atoms with Gasteiger partial charge in [0, 0.05) is 19.3 Å². The summed E-state index contributed by atoms with van der Waals surface area (Å²) in [5.74, 6) is 1.48. The molecule has 1 N–H and O–H groups in total. The average molecular weight is 361 g/mol. The van der Waals surface area contributed by atoms with Gasteiger partial charge in [0.1, 0.15) is 18.2 Å². The zero-order chi connectivity index (χ0) is 18.5. The third kappa shape index (κ3) is 4.03. The second-order valence-electron chi connectivity index (χ2n) is 6.68. The van der Waals surface area contributed by atoms with Crippen molar-refractivity contribution in [2.24, 2.45) is 0 Å². The van der Waals surface area contributed by atoms with E-state index in [2.05, 4.69) is 27.3 Å². The lowest BCUT2D eigenvalue weighted by molar-refractivity contribution is 0.0947. The lowest BCUT2D eigenvalue weighted by atomic mass is 10.1. The molecule has 1 aliphatic heterocycles. The van der Waals surface area contributed by atoms with Crippen molar-refractivity contribution >= 4 is 22.5 Å². The molecule has 1 aromatic heterocycles. The zero-order valence-electron chi connectivity index (χ0n) is 15.2. The summed E-state index contributed by atoms with van der Waals surface area (Å²) < 4.78 is 5.79. The summed E-state index contributed by atoms with van der Waals surface area (Å²) in [4.78, 5) is 19.2. The second kappa shape index (κ2) is 8.08. The summed E-state index contributed by atoms with van der Waals surface area (Å²) in [5.41, 5.74) is 0.630. The summed E-state index contributed by atoms with van der Waals surface area (Å²) in [6.45, 7) is 2.79. The van der Waals surface area contributed by atoms with Gasteiger partial charge in [0.05, 0.1) is 12.1 Å². The molecule has 0 aliphatic carbocycles. The van der Waals surface area contributed by atoms with Crippen LogP contribution in [0.4, 0.5) is 5.82 Å². The van der Waals surface area contributed by atoms with Gasteiger partial charge >= 0.3 is 0 Å². The lowest BCUT2D eigenvalue weighted by Gasteiger charge is -2.19. The predicted octanol–water partition coefficient (Wildman–Crippen LogP) is 3.64. The molecule has 27 heavy (non-hydrogen) atoms. The van der Waals surface area contributed by atoms with Crippen LogP contribution in [-0.2, 0) is 0 Å². The molecule has 2 heterocycles. The topological polar surface area (TPSA) is 54.5 Å². The number of benzene rings is 2. The van der Waals surface area contributed by atoms with E-state index in [0.29, 0.717) is 18.7 Å². The van der Waals surface area contributed by atoms with Gasteiger partial charge in [0.15, 0.2) is 0 Å². The summed E-state index contributed by atoms with van der Waals surface area (Å²) in [6, 6.07) is 17.8. The minimum Gasteiger partial charge on any atom is -0.492 e. The van der Waals surface area contributed by atoms with E-state index < -0.39 is 0 Å². The van der Waals surface area contributed by atoms with Crippen molar-refractivity contribution < 1.29 is 9.53 Å². The first-order chi connectivity index (χ1) is 13.3. The third-order valence-electron chi connectivity index (χ3n) is 4.81. The number of carbonyl (C=O) groups is 1. The molecule has 0 radical (unpaired) electrons. The molecule has 0 saturated carbocycles. The van der Waals surface area contributed by atoms with Crippen molar-refractivity contribution in [3.05, 3.63) is 66.4 Å². The van der Waals surface area contributed by atoms with E-state index in [1.54, 1.807) is 12.3 Å². The van der Waals surface area contributed by atoms with Gasteiger partial charge in [-0.15, -0.1) is 0 Å². The maximum absolute atomic E-state index is 12.6. The number of amides is 1. The normalized spacial score (nSPS) is 13.7. The minimum atomic E-state index is -0.105. The Hall–Kier alpha value is -3.08. The molecular weight excluding hydrogens is 338 g/mol. The summed E-state index contributed by atoms with van der Waals surface area (Å²) in [6.07, 6.45) is 4.04. The Balaban J connectivity index is 1.33. The van der Waals surface area contributed by atoms with Crippen LogP contribution in [0.1, 0.15) is 23.2 Å². The van der Waals surface area contributed by atoms with Crippen LogP contribution in [0.15, 0.2) is 60.8 Å². The van der Waals surface area contributed by atoms with Gasteiger partial charge in [-0.1, -0.05) is 30.3 Å². The number of nitrogens with zero attached hydrogens (tertiary/aromatic N) is 2. The van der Waals surface area contributed by atoms with Gasteiger partial charge < -0.3 is 15.0 Å². The largest absolute Gasteiger partial charge is 0.492 e. The van der Waals surface area contributed by atoms with E-state index in [1.165, 1.54) is 5.39 Å². The van der Waals surface area contributed by atoms with Crippen molar-refractivity contribution in [3.63, 3.8) is 0 Å². The monoisotopic (exact) mass is 361 g/mol. The van der Waals surface area contributed by atoms with E-state index in [0.717, 1.165) is 42.9 Å². The van der Waals surface area contributed by atoms with Crippen LogP contribution in [0.3, 0.4) is 0 Å². The third-order valence-corrected chi connectivity index (χ3v) is 4.81. The molecule has 0 unspecified atom stereocenters. The maximum Gasteiger partial charge on any atom is 0.255 e. The Kier molecular flexibility index (Phi) is 5.19. The highest BCUT2D eigenvalue weighted by Crippen LogP contribution is 2.22. The SMILES string of the molecule is O=C(NCCOc1ccc2ccccc2c1)c1cccnc1N1CCCC1. The van der Waals surface area contributed by atoms with Crippen molar-refractivity contribution in [3.8, 4) is 5.75 Å². The molecule has 1 fully saturated rings. The number of hydrogen-bond donors (Lipinski definition) is 1. The molecule has 1 amide bonds. The van der Waals surface area contributed by atoms with Crippen LogP contribution in [0, 0.1) is 0 Å². The number of fused-ring (bicyclic) bond motifs is 1. The number of aromatic nitrogens is 1. The molecule has 3 aromatic rings. The Bertz CT molecular complexity index is 935. The molecule has 5 heteroatoms. The fraction of sp³-hybridized carbons (Fsp3) is 0.273. The predicted molar refractivity (Wildman–Crippen MR) is 107 cm³/mol. The molecule has 5 nitrogen and oxygen atoms in total. The average Bonchev–Trinajstić information content (AvgIpc) is 3.26. The molecular formula is C22H23N3O2. The molecule has 1 saturated heterocycles. The first-order valence-corrected chi connectivity index (χ1v) is 9.41. The number of carbonyl (C=O) groups excluding carboxylic acids is 1. The van der Waals surface area contributed by atoms with Gasteiger partial charge in [-0.05, 0) is 47.9 Å². The van der Waals surface area contributed by atoms with Crippen LogP contribution >= 0.6 is 0 Å². The van der Waals surface area contributed by atoms with Gasteiger partial charge in [-0.2, -0.15) is 0 Å². The van der Waals surface area contributed by atoms with Gasteiger partial charge in [0.25, 0.3) is 5.91 Å². The maximum atomic E-state index is 12.6. The number of hydrogen-bond acceptors (Lipinski definition) is 4. The van der Waals surface area contributed by atoms with E-state index in [9.17, 15) is 4.79 Å². The van der Waals surface area contributed by atoms with Crippen LogP contribution < -0.4 is 15.0 Å². The summed E-state index contributed by atoms with van der Waals surface area (Å²) in [7, 11) is 0. The van der Waals surface area contributed by atoms with Crippen molar-refractivity contribution in [1.82, 2.24) is 10.3 Å². The standard InChI is InChI=1S/C22H23N3O2/c26-22(20-8-5-11-23-21(20)25-13-3-4-14-25)24-12-15-27-19-10-9-17-6-1-2-7-18(17)16-19/h1-2,5-11,16H,3-4,12-15H2,(H,24,26). The second-order valence-corrected chi connectivity index (χ2v) is 6.68.